The number of nitriles is 1. The molecule has 2 aromatic rings. The van der Waals surface area contributed by atoms with Crippen molar-refractivity contribution in [1.82, 2.24) is 4.98 Å². The van der Waals surface area contributed by atoms with E-state index in [-0.39, 0.29) is 17.1 Å². The minimum atomic E-state index is -0.144. The molecule has 5 heteroatoms. The Hall–Kier alpha value is -2.06. The number of rotatable bonds is 5. The summed E-state index contributed by atoms with van der Waals surface area (Å²) >= 11 is 1.31. The second kappa shape index (κ2) is 6.59. The van der Waals surface area contributed by atoms with Crippen LogP contribution in [-0.4, -0.2) is 16.7 Å². The second-order valence-corrected chi connectivity index (χ2v) is 6.83. The Bertz CT molecular complexity index is 773. The molecular weight excluding hydrogens is 308 g/mol. The number of nitrogens with zero attached hydrogens (tertiary/aromatic N) is 2. The molecule has 0 unspecified atom stereocenters. The topological polar surface area (TPSA) is 63.0 Å². The maximum absolute atomic E-state index is 12.7. The van der Waals surface area contributed by atoms with Crippen LogP contribution in [0, 0.1) is 16.7 Å². The van der Waals surface area contributed by atoms with Crippen molar-refractivity contribution in [3.63, 3.8) is 0 Å². The van der Waals surface area contributed by atoms with Crippen LogP contribution in [0.1, 0.15) is 32.6 Å². The van der Waals surface area contributed by atoms with E-state index in [9.17, 15) is 4.79 Å². The van der Waals surface area contributed by atoms with Crippen molar-refractivity contribution in [3.8, 4) is 11.8 Å². The second-order valence-electron chi connectivity index (χ2n) is 5.81. The first-order valence-electron chi connectivity index (χ1n) is 7.79. The van der Waals surface area contributed by atoms with Crippen molar-refractivity contribution in [2.45, 2.75) is 37.5 Å². The number of hydrogen-bond donors (Lipinski definition) is 0. The van der Waals surface area contributed by atoms with E-state index in [0.717, 1.165) is 41.5 Å². The molecule has 1 fully saturated rings. The summed E-state index contributed by atoms with van der Waals surface area (Å²) < 4.78 is 5.36. The molecule has 1 aromatic heterocycles. The van der Waals surface area contributed by atoms with Gasteiger partial charge in [-0.2, -0.15) is 5.26 Å². The molecule has 0 N–H and O–H groups in total. The van der Waals surface area contributed by atoms with Crippen molar-refractivity contribution in [1.29, 1.82) is 5.26 Å². The van der Waals surface area contributed by atoms with Gasteiger partial charge < -0.3 is 4.74 Å². The maximum Gasteiger partial charge on any atom is 0.199 e. The Morgan fingerprint density at radius 1 is 1.43 bits per heavy atom. The molecule has 0 atom stereocenters. The van der Waals surface area contributed by atoms with Gasteiger partial charge in [-0.25, -0.2) is 0 Å². The molecule has 1 saturated carbocycles. The lowest BCUT2D eigenvalue weighted by Gasteiger charge is -2.39. The van der Waals surface area contributed by atoms with Gasteiger partial charge in [0.05, 0.1) is 5.52 Å². The van der Waals surface area contributed by atoms with Crippen LogP contribution in [0.2, 0.25) is 0 Å². The van der Waals surface area contributed by atoms with E-state index in [1.165, 1.54) is 11.8 Å². The van der Waals surface area contributed by atoms with Crippen molar-refractivity contribution in [2.75, 3.05) is 6.61 Å². The van der Waals surface area contributed by atoms with E-state index in [4.69, 9.17) is 10.00 Å². The Morgan fingerprint density at radius 2 is 2.26 bits per heavy atom. The SMILES string of the molecule is CCC1(C(=O)Sc2ccnc3ccc(OCC#N)cc23)CCC1. The molecule has 0 bridgehead atoms. The van der Waals surface area contributed by atoms with Gasteiger partial charge >= 0.3 is 0 Å². The van der Waals surface area contributed by atoms with E-state index in [1.54, 1.807) is 12.3 Å². The van der Waals surface area contributed by atoms with Crippen LogP contribution in [0.4, 0.5) is 0 Å². The van der Waals surface area contributed by atoms with Gasteiger partial charge in [-0.3, -0.25) is 9.78 Å². The summed E-state index contributed by atoms with van der Waals surface area (Å²) in [6, 6.07) is 9.34. The third kappa shape index (κ3) is 3.04. The zero-order valence-corrected chi connectivity index (χ0v) is 13.9. The van der Waals surface area contributed by atoms with E-state index >= 15 is 0 Å². The number of benzene rings is 1. The Morgan fingerprint density at radius 3 is 2.91 bits per heavy atom. The number of carbonyl (C=O) groups excluding carboxylic acids is 1. The normalized spacial score (nSPS) is 15.7. The molecule has 1 aliphatic rings. The molecule has 0 saturated heterocycles. The summed E-state index contributed by atoms with van der Waals surface area (Å²) in [5.74, 6) is 0.621. The zero-order valence-electron chi connectivity index (χ0n) is 13.0. The van der Waals surface area contributed by atoms with Gasteiger partial charge in [0, 0.05) is 21.9 Å². The van der Waals surface area contributed by atoms with Gasteiger partial charge in [-0.1, -0.05) is 25.1 Å². The molecule has 0 radical (unpaired) electrons. The summed E-state index contributed by atoms with van der Waals surface area (Å²) in [6.07, 6.45) is 5.76. The quantitative estimate of drug-likeness (QED) is 0.765. The van der Waals surface area contributed by atoms with Crippen LogP contribution in [0.3, 0.4) is 0 Å². The van der Waals surface area contributed by atoms with Crippen LogP contribution in [0.5, 0.6) is 5.75 Å². The molecule has 1 heterocycles. The van der Waals surface area contributed by atoms with Gasteiger partial charge in [0.1, 0.15) is 11.8 Å². The number of aromatic nitrogens is 1. The third-order valence-corrected chi connectivity index (χ3v) is 5.79. The first-order chi connectivity index (χ1) is 11.2. The zero-order chi connectivity index (χ0) is 16.3. The predicted molar refractivity (Wildman–Crippen MR) is 90.3 cm³/mol. The highest BCUT2D eigenvalue weighted by Gasteiger charge is 2.42. The number of carbonyl (C=O) groups is 1. The monoisotopic (exact) mass is 326 g/mol. The van der Waals surface area contributed by atoms with Gasteiger partial charge in [0.15, 0.2) is 11.7 Å². The van der Waals surface area contributed by atoms with Crippen LogP contribution < -0.4 is 4.74 Å². The molecule has 0 spiro atoms. The molecule has 0 amide bonds. The Balaban J connectivity index is 1.90. The molecule has 23 heavy (non-hydrogen) atoms. The molecule has 0 aliphatic heterocycles. The molecule has 4 nitrogen and oxygen atoms in total. The van der Waals surface area contributed by atoms with Gasteiger partial charge in [0.25, 0.3) is 0 Å². The van der Waals surface area contributed by atoms with E-state index in [0.29, 0.717) is 5.75 Å². The number of hydrogen-bond acceptors (Lipinski definition) is 5. The molecule has 118 valence electrons. The van der Waals surface area contributed by atoms with Crippen molar-refractivity contribution in [3.05, 3.63) is 30.5 Å². The predicted octanol–water partition coefficient (Wildman–Crippen LogP) is 4.34. The smallest absolute Gasteiger partial charge is 0.199 e. The number of thioether (sulfide) groups is 1. The summed E-state index contributed by atoms with van der Waals surface area (Å²) in [5.41, 5.74) is 0.682. The van der Waals surface area contributed by atoms with E-state index in [2.05, 4.69) is 11.9 Å². The summed E-state index contributed by atoms with van der Waals surface area (Å²) in [4.78, 5) is 18.0. The van der Waals surface area contributed by atoms with Crippen LogP contribution in [0.25, 0.3) is 10.9 Å². The van der Waals surface area contributed by atoms with E-state index in [1.807, 2.05) is 24.3 Å². The Kier molecular flexibility index (Phi) is 4.53. The fourth-order valence-electron chi connectivity index (χ4n) is 2.91. The minimum absolute atomic E-state index is 0.00607. The molecule has 3 rings (SSSR count). The van der Waals surface area contributed by atoms with Crippen molar-refractivity contribution >= 4 is 27.8 Å². The van der Waals surface area contributed by atoms with Gasteiger partial charge in [-0.05, 0) is 43.5 Å². The number of fused-ring (bicyclic) bond motifs is 1. The lowest BCUT2D eigenvalue weighted by atomic mass is 9.68. The minimum Gasteiger partial charge on any atom is -0.479 e. The maximum atomic E-state index is 12.7. The lowest BCUT2D eigenvalue weighted by Crippen LogP contribution is -2.35. The lowest BCUT2D eigenvalue weighted by molar-refractivity contribution is -0.124. The first-order valence-corrected chi connectivity index (χ1v) is 8.61. The first kappa shape index (κ1) is 15.8. The fourth-order valence-corrected chi connectivity index (χ4v) is 4.08. The molecular formula is C18H18N2O2S. The highest BCUT2D eigenvalue weighted by atomic mass is 32.2. The summed E-state index contributed by atoms with van der Waals surface area (Å²) in [5, 5.41) is 9.78. The van der Waals surface area contributed by atoms with Crippen molar-refractivity contribution in [2.24, 2.45) is 5.41 Å². The fraction of sp³-hybridized carbons (Fsp3) is 0.389. The number of pyridine rings is 1. The van der Waals surface area contributed by atoms with Crippen molar-refractivity contribution < 1.29 is 9.53 Å². The van der Waals surface area contributed by atoms with Gasteiger partial charge in [0.2, 0.25) is 0 Å². The van der Waals surface area contributed by atoms with Crippen LogP contribution in [-0.2, 0) is 4.79 Å². The molecule has 1 aliphatic carbocycles. The standard InChI is InChI=1S/C18H18N2O2S/c1-2-18(7-3-8-18)17(21)23-16-6-10-20-15-5-4-13(12-14(15)16)22-11-9-19/h4-6,10,12H,2-3,7-8,11H2,1H3. The highest BCUT2D eigenvalue weighted by Crippen LogP contribution is 2.49. The summed E-state index contributed by atoms with van der Waals surface area (Å²) in [7, 11) is 0. The summed E-state index contributed by atoms with van der Waals surface area (Å²) in [6.45, 7) is 2.10. The van der Waals surface area contributed by atoms with Crippen LogP contribution >= 0.6 is 11.8 Å². The average Bonchev–Trinajstić information content (AvgIpc) is 2.53. The highest BCUT2D eigenvalue weighted by molar-refractivity contribution is 8.14. The Labute approximate surface area is 139 Å². The number of ether oxygens (including phenoxy) is 1. The molecule has 1 aromatic carbocycles. The largest absolute Gasteiger partial charge is 0.479 e. The average molecular weight is 326 g/mol. The third-order valence-electron chi connectivity index (χ3n) is 4.60. The van der Waals surface area contributed by atoms with E-state index < -0.39 is 0 Å². The van der Waals surface area contributed by atoms with Crippen LogP contribution in [0.15, 0.2) is 35.4 Å². The van der Waals surface area contributed by atoms with Gasteiger partial charge in [-0.15, -0.1) is 0 Å².